The third-order valence-electron chi connectivity index (χ3n) is 6.31. The van der Waals surface area contributed by atoms with Crippen LogP contribution in [-0.4, -0.2) is 32.4 Å². The number of rotatable bonds is 9. The van der Waals surface area contributed by atoms with E-state index in [0.717, 1.165) is 38.9 Å². The standard InChI is InChI=1S/C27H29N5O2/c1-18(11-21-15-28-17-30-21)32-26(33)27(2,13-20-14-29-24-9-5-4-8-23(20)24)31-16-22-12-19-7-3-6-10-25(19)34-22/h3-10,12,14-15,17-18,29,31H,11,13,16H2,1-2H3,(H,28,30)(H,32,33). The molecule has 1 amide bonds. The molecule has 0 bridgehead atoms. The molecule has 174 valence electrons. The van der Waals surface area contributed by atoms with Crippen LogP contribution in [0.25, 0.3) is 21.9 Å². The number of amides is 1. The van der Waals surface area contributed by atoms with Gasteiger partial charge in [0.2, 0.25) is 5.91 Å². The Hall–Kier alpha value is -3.84. The first kappa shape index (κ1) is 22.0. The lowest BCUT2D eigenvalue weighted by atomic mass is 9.90. The molecule has 0 aliphatic rings. The number of furan rings is 1. The second kappa shape index (κ2) is 9.19. The first-order valence-electron chi connectivity index (χ1n) is 11.6. The number of carbonyl (C=O) groups excluding carboxylic acids is 1. The van der Waals surface area contributed by atoms with Gasteiger partial charge in [-0.1, -0.05) is 36.4 Å². The molecule has 34 heavy (non-hydrogen) atoms. The van der Waals surface area contributed by atoms with Crippen LogP contribution in [0.5, 0.6) is 0 Å². The number of hydrogen-bond acceptors (Lipinski definition) is 4. The van der Waals surface area contributed by atoms with Crippen LogP contribution < -0.4 is 10.6 Å². The third kappa shape index (κ3) is 4.61. The summed E-state index contributed by atoms with van der Waals surface area (Å²) in [4.78, 5) is 24.1. The zero-order valence-corrected chi connectivity index (χ0v) is 19.4. The summed E-state index contributed by atoms with van der Waals surface area (Å²) in [6.07, 6.45) is 6.64. The number of fused-ring (bicyclic) bond motifs is 2. The van der Waals surface area contributed by atoms with Crippen LogP contribution in [0, 0.1) is 0 Å². The number of para-hydroxylation sites is 2. The third-order valence-corrected chi connectivity index (χ3v) is 6.31. The molecule has 0 saturated heterocycles. The maximum atomic E-state index is 13.6. The zero-order valence-electron chi connectivity index (χ0n) is 19.4. The minimum Gasteiger partial charge on any atom is -0.460 e. The minimum atomic E-state index is -0.855. The van der Waals surface area contributed by atoms with Gasteiger partial charge in [-0.05, 0) is 37.6 Å². The van der Waals surface area contributed by atoms with Gasteiger partial charge in [0.1, 0.15) is 11.3 Å². The monoisotopic (exact) mass is 455 g/mol. The predicted octanol–water partition coefficient (Wildman–Crippen LogP) is 4.48. The van der Waals surface area contributed by atoms with Crippen molar-refractivity contribution in [3.05, 3.63) is 90.3 Å². The summed E-state index contributed by atoms with van der Waals surface area (Å²) in [5, 5.41) is 8.87. The summed E-state index contributed by atoms with van der Waals surface area (Å²) in [5.74, 6) is 0.741. The molecule has 7 heteroatoms. The molecule has 7 nitrogen and oxygen atoms in total. The highest BCUT2D eigenvalue weighted by Crippen LogP contribution is 2.24. The van der Waals surface area contributed by atoms with Crippen LogP contribution in [0.2, 0.25) is 0 Å². The molecule has 0 spiro atoms. The molecule has 0 saturated carbocycles. The van der Waals surface area contributed by atoms with E-state index in [1.54, 1.807) is 12.5 Å². The molecule has 2 aromatic carbocycles. The van der Waals surface area contributed by atoms with Crippen LogP contribution in [0.15, 0.2) is 77.7 Å². The zero-order chi connectivity index (χ0) is 23.5. The summed E-state index contributed by atoms with van der Waals surface area (Å²) in [6, 6.07) is 18.0. The Morgan fingerprint density at radius 2 is 1.97 bits per heavy atom. The van der Waals surface area contributed by atoms with Gasteiger partial charge in [0.05, 0.1) is 18.4 Å². The lowest BCUT2D eigenvalue weighted by Gasteiger charge is -2.31. The average Bonchev–Trinajstić information content (AvgIpc) is 3.58. The van der Waals surface area contributed by atoms with Crippen molar-refractivity contribution in [3.63, 3.8) is 0 Å². The van der Waals surface area contributed by atoms with Crippen LogP contribution in [-0.2, 0) is 24.2 Å². The van der Waals surface area contributed by atoms with Crippen molar-refractivity contribution < 1.29 is 9.21 Å². The normalized spacial score (nSPS) is 14.3. The van der Waals surface area contributed by atoms with Gasteiger partial charge in [0, 0.05) is 53.3 Å². The number of nitrogens with zero attached hydrogens (tertiary/aromatic N) is 1. The summed E-state index contributed by atoms with van der Waals surface area (Å²) in [5.41, 5.74) is 3.12. The molecule has 3 aromatic heterocycles. The summed E-state index contributed by atoms with van der Waals surface area (Å²) in [6.45, 7) is 4.40. The highest BCUT2D eigenvalue weighted by atomic mass is 16.3. The Morgan fingerprint density at radius 3 is 2.79 bits per heavy atom. The summed E-state index contributed by atoms with van der Waals surface area (Å²) >= 11 is 0. The number of aromatic nitrogens is 3. The van der Waals surface area contributed by atoms with E-state index in [4.69, 9.17) is 4.42 Å². The maximum Gasteiger partial charge on any atom is 0.240 e. The van der Waals surface area contributed by atoms with Gasteiger partial charge in [-0.3, -0.25) is 10.1 Å². The van der Waals surface area contributed by atoms with Gasteiger partial charge in [0.25, 0.3) is 0 Å². The Bertz CT molecular complexity index is 1370. The quantitative estimate of drug-likeness (QED) is 0.263. The Labute approximate surface area is 198 Å². The predicted molar refractivity (Wildman–Crippen MR) is 133 cm³/mol. The molecule has 4 N–H and O–H groups in total. The van der Waals surface area contributed by atoms with Gasteiger partial charge >= 0.3 is 0 Å². The molecule has 3 heterocycles. The fourth-order valence-corrected chi connectivity index (χ4v) is 4.45. The van der Waals surface area contributed by atoms with Crippen LogP contribution in [0.3, 0.4) is 0 Å². The number of nitrogens with one attached hydrogen (secondary N) is 4. The molecule has 0 aliphatic carbocycles. The Morgan fingerprint density at radius 1 is 1.15 bits per heavy atom. The lowest BCUT2D eigenvalue weighted by molar-refractivity contribution is -0.127. The van der Waals surface area contributed by atoms with Crippen molar-refractivity contribution >= 4 is 27.8 Å². The molecule has 0 fully saturated rings. The van der Waals surface area contributed by atoms with Gasteiger partial charge in [0.15, 0.2) is 0 Å². The van der Waals surface area contributed by atoms with Gasteiger partial charge in [-0.2, -0.15) is 0 Å². The van der Waals surface area contributed by atoms with Crippen molar-refractivity contribution in [2.24, 2.45) is 0 Å². The number of aromatic amines is 2. The second-order valence-electron chi connectivity index (χ2n) is 9.13. The topological polar surface area (TPSA) is 98.7 Å². The van der Waals surface area contributed by atoms with E-state index in [2.05, 4.69) is 31.7 Å². The Balaban J connectivity index is 1.38. The maximum absolute atomic E-state index is 13.6. The molecule has 5 aromatic rings. The Kier molecular flexibility index (Phi) is 5.94. The molecular formula is C27H29N5O2. The van der Waals surface area contributed by atoms with Gasteiger partial charge in [-0.15, -0.1) is 0 Å². The van der Waals surface area contributed by atoms with Crippen LogP contribution in [0.4, 0.5) is 0 Å². The van der Waals surface area contributed by atoms with E-state index in [-0.39, 0.29) is 11.9 Å². The summed E-state index contributed by atoms with van der Waals surface area (Å²) < 4.78 is 5.99. The van der Waals surface area contributed by atoms with Crippen molar-refractivity contribution in [1.82, 2.24) is 25.6 Å². The highest BCUT2D eigenvalue weighted by Gasteiger charge is 2.35. The number of imidazole rings is 1. The summed E-state index contributed by atoms with van der Waals surface area (Å²) in [7, 11) is 0. The molecule has 2 unspecified atom stereocenters. The van der Waals surface area contributed by atoms with Crippen molar-refractivity contribution in [2.45, 2.75) is 44.8 Å². The SMILES string of the molecule is CC(Cc1cnc[nH]1)NC(=O)C(C)(Cc1c[nH]c2ccccc12)NCc1cc2ccccc2o1. The number of benzene rings is 2. The van der Waals surface area contributed by atoms with Crippen molar-refractivity contribution in [2.75, 3.05) is 0 Å². The first-order chi connectivity index (χ1) is 16.5. The van der Waals surface area contributed by atoms with E-state index in [0.29, 0.717) is 19.4 Å². The second-order valence-corrected chi connectivity index (χ2v) is 9.13. The van der Waals surface area contributed by atoms with Crippen LogP contribution in [0.1, 0.15) is 30.9 Å². The molecule has 0 radical (unpaired) electrons. The number of H-pyrrole nitrogens is 2. The van der Waals surface area contributed by atoms with E-state index in [9.17, 15) is 4.79 Å². The number of hydrogen-bond donors (Lipinski definition) is 4. The average molecular weight is 456 g/mol. The largest absolute Gasteiger partial charge is 0.460 e. The van der Waals surface area contributed by atoms with E-state index in [1.165, 1.54) is 0 Å². The van der Waals surface area contributed by atoms with Gasteiger partial charge < -0.3 is 19.7 Å². The van der Waals surface area contributed by atoms with Crippen molar-refractivity contribution in [1.29, 1.82) is 0 Å². The highest BCUT2D eigenvalue weighted by molar-refractivity contribution is 5.89. The van der Waals surface area contributed by atoms with E-state index in [1.807, 2.05) is 68.6 Å². The minimum absolute atomic E-state index is 0.0526. The van der Waals surface area contributed by atoms with E-state index < -0.39 is 5.54 Å². The lowest BCUT2D eigenvalue weighted by Crippen LogP contribution is -2.57. The van der Waals surface area contributed by atoms with Crippen LogP contribution >= 0.6 is 0 Å². The van der Waals surface area contributed by atoms with E-state index >= 15 is 0 Å². The van der Waals surface area contributed by atoms with Gasteiger partial charge in [-0.25, -0.2) is 4.98 Å². The molecule has 2 atom stereocenters. The first-order valence-corrected chi connectivity index (χ1v) is 11.6. The number of carbonyl (C=O) groups is 1. The fraction of sp³-hybridized carbons (Fsp3) is 0.259. The smallest absolute Gasteiger partial charge is 0.240 e. The molecule has 0 aliphatic heterocycles. The van der Waals surface area contributed by atoms with Crippen molar-refractivity contribution in [3.8, 4) is 0 Å². The molecular weight excluding hydrogens is 426 g/mol. The molecule has 5 rings (SSSR count). The fourth-order valence-electron chi connectivity index (χ4n) is 4.45.